The summed E-state index contributed by atoms with van der Waals surface area (Å²) in [5.74, 6) is 1.13. The Bertz CT molecular complexity index is 998. The van der Waals surface area contributed by atoms with Gasteiger partial charge in [0.25, 0.3) is 0 Å². The van der Waals surface area contributed by atoms with Gasteiger partial charge in [-0.15, -0.1) is 0 Å². The number of aromatic nitrogens is 2. The number of esters is 1. The number of ether oxygens (including phenoxy) is 3. The van der Waals surface area contributed by atoms with Crippen molar-refractivity contribution in [2.75, 3.05) is 20.8 Å². The molecule has 0 bridgehead atoms. The first-order valence-corrected chi connectivity index (χ1v) is 9.29. The number of carbonyl (C=O) groups is 1. The lowest BCUT2D eigenvalue weighted by Crippen LogP contribution is -2.06. The molecule has 0 saturated carbocycles. The molecule has 3 rings (SSSR count). The molecule has 1 heterocycles. The fourth-order valence-corrected chi connectivity index (χ4v) is 2.92. The second kappa shape index (κ2) is 9.10. The molecular weight excluding hydrogens is 368 g/mol. The second-order valence-electron chi connectivity index (χ2n) is 6.35. The van der Waals surface area contributed by atoms with E-state index in [4.69, 9.17) is 14.2 Å². The van der Waals surface area contributed by atoms with Gasteiger partial charge in [0.15, 0.2) is 0 Å². The van der Waals surface area contributed by atoms with Crippen LogP contribution in [0.25, 0.3) is 17.8 Å². The molecule has 1 aromatic heterocycles. The third-order valence-electron chi connectivity index (χ3n) is 4.48. The van der Waals surface area contributed by atoms with Gasteiger partial charge in [0, 0.05) is 6.07 Å². The second-order valence-corrected chi connectivity index (χ2v) is 6.35. The van der Waals surface area contributed by atoms with Crippen LogP contribution in [0.5, 0.6) is 11.5 Å². The van der Waals surface area contributed by atoms with Gasteiger partial charge in [-0.2, -0.15) is 5.10 Å². The molecule has 0 spiro atoms. The zero-order chi connectivity index (χ0) is 20.8. The molecule has 0 aliphatic heterocycles. The average Bonchev–Trinajstić information content (AvgIpc) is 3.14. The van der Waals surface area contributed by atoms with E-state index in [0.717, 1.165) is 34.0 Å². The average molecular weight is 392 g/mol. The molecule has 150 valence electrons. The smallest absolute Gasteiger partial charge is 0.341 e. The van der Waals surface area contributed by atoms with E-state index in [9.17, 15) is 4.79 Å². The highest BCUT2D eigenvalue weighted by molar-refractivity contribution is 5.90. The van der Waals surface area contributed by atoms with Crippen LogP contribution >= 0.6 is 0 Å². The molecule has 0 unspecified atom stereocenters. The number of carbonyl (C=O) groups excluding carboxylic acids is 1. The van der Waals surface area contributed by atoms with Crippen molar-refractivity contribution in [3.05, 3.63) is 71.0 Å². The normalized spacial score (nSPS) is 10.9. The Morgan fingerprint density at radius 1 is 1.00 bits per heavy atom. The Balaban J connectivity index is 1.79. The van der Waals surface area contributed by atoms with Gasteiger partial charge in [-0.05, 0) is 49.2 Å². The van der Waals surface area contributed by atoms with Crippen molar-refractivity contribution >= 4 is 18.1 Å². The van der Waals surface area contributed by atoms with E-state index in [0.29, 0.717) is 12.2 Å². The van der Waals surface area contributed by atoms with Gasteiger partial charge in [0.1, 0.15) is 17.1 Å². The van der Waals surface area contributed by atoms with E-state index in [2.05, 4.69) is 5.10 Å². The molecular formula is C23H24N2O4. The topological polar surface area (TPSA) is 62.6 Å². The van der Waals surface area contributed by atoms with Crippen LogP contribution in [0.4, 0.5) is 0 Å². The summed E-state index contributed by atoms with van der Waals surface area (Å²) < 4.78 is 17.4. The minimum absolute atomic E-state index is 0.337. The van der Waals surface area contributed by atoms with Gasteiger partial charge in [-0.1, -0.05) is 24.3 Å². The largest absolute Gasteiger partial charge is 0.497 e. The Labute approximate surface area is 170 Å². The highest BCUT2D eigenvalue weighted by Crippen LogP contribution is 2.24. The molecule has 2 aromatic carbocycles. The maximum Gasteiger partial charge on any atom is 0.341 e. The van der Waals surface area contributed by atoms with Gasteiger partial charge >= 0.3 is 5.97 Å². The van der Waals surface area contributed by atoms with Crippen LogP contribution < -0.4 is 9.47 Å². The lowest BCUT2D eigenvalue weighted by Gasteiger charge is -2.07. The highest BCUT2D eigenvalue weighted by atomic mass is 16.5. The minimum atomic E-state index is -0.357. The number of hydrogen-bond acceptors (Lipinski definition) is 5. The summed E-state index contributed by atoms with van der Waals surface area (Å²) in [5.41, 5.74) is 4.11. The van der Waals surface area contributed by atoms with Crippen LogP contribution in [-0.4, -0.2) is 36.6 Å². The molecule has 0 amide bonds. The number of methoxy groups -OCH3 is 2. The lowest BCUT2D eigenvalue weighted by atomic mass is 10.1. The SMILES string of the molecule is CCOC(=O)c1cnn(-c2ccc(C=Cc3cc(OC)cc(OC)c3)cc2)c1C. The monoisotopic (exact) mass is 392 g/mol. The van der Waals surface area contributed by atoms with Gasteiger partial charge in [0.2, 0.25) is 0 Å². The summed E-state index contributed by atoms with van der Waals surface area (Å²) in [6.45, 7) is 3.97. The predicted octanol–water partition coefficient (Wildman–Crippen LogP) is 4.55. The van der Waals surface area contributed by atoms with Gasteiger partial charge < -0.3 is 14.2 Å². The highest BCUT2D eigenvalue weighted by Gasteiger charge is 2.15. The predicted molar refractivity (Wildman–Crippen MR) is 113 cm³/mol. The summed E-state index contributed by atoms with van der Waals surface area (Å²) in [5, 5.41) is 4.32. The Morgan fingerprint density at radius 3 is 2.21 bits per heavy atom. The van der Waals surface area contributed by atoms with E-state index < -0.39 is 0 Å². The minimum Gasteiger partial charge on any atom is -0.497 e. The van der Waals surface area contributed by atoms with Gasteiger partial charge in [-0.3, -0.25) is 0 Å². The van der Waals surface area contributed by atoms with Crippen LogP contribution in [0.3, 0.4) is 0 Å². The first-order valence-electron chi connectivity index (χ1n) is 9.29. The maximum absolute atomic E-state index is 12.0. The van der Waals surface area contributed by atoms with Gasteiger partial charge in [-0.25, -0.2) is 9.48 Å². The van der Waals surface area contributed by atoms with E-state index in [1.807, 2.05) is 61.5 Å². The number of nitrogens with zero attached hydrogens (tertiary/aromatic N) is 2. The molecule has 6 nitrogen and oxygen atoms in total. The quantitative estimate of drug-likeness (QED) is 0.436. The van der Waals surface area contributed by atoms with Crippen LogP contribution in [0, 0.1) is 6.92 Å². The Hall–Kier alpha value is -3.54. The van der Waals surface area contributed by atoms with Crippen molar-refractivity contribution in [1.82, 2.24) is 9.78 Å². The first-order chi connectivity index (χ1) is 14.0. The van der Waals surface area contributed by atoms with Crippen LogP contribution in [0.1, 0.15) is 34.1 Å². The molecule has 0 radical (unpaired) electrons. The fourth-order valence-electron chi connectivity index (χ4n) is 2.92. The van der Waals surface area contributed by atoms with Crippen LogP contribution in [-0.2, 0) is 4.74 Å². The molecule has 0 aliphatic carbocycles. The molecule has 0 saturated heterocycles. The fraction of sp³-hybridized carbons (Fsp3) is 0.217. The van der Waals surface area contributed by atoms with Crippen molar-refractivity contribution < 1.29 is 19.0 Å². The summed E-state index contributed by atoms with van der Waals surface area (Å²) in [6.07, 6.45) is 5.55. The number of hydrogen-bond donors (Lipinski definition) is 0. The molecule has 0 N–H and O–H groups in total. The Kier molecular flexibility index (Phi) is 6.34. The number of benzene rings is 2. The van der Waals surface area contributed by atoms with Crippen molar-refractivity contribution in [3.8, 4) is 17.2 Å². The van der Waals surface area contributed by atoms with E-state index in [-0.39, 0.29) is 5.97 Å². The summed E-state index contributed by atoms with van der Waals surface area (Å²) in [4.78, 5) is 12.0. The Morgan fingerprint density at radius 2 is 1.62 bits per heavy atom. The molecule has 0 fully saturated rings. The van der Waals surface area contributed by atoms with E-state index in [1.54, 1.807) is 25.8 Å². The summed E-state index contributed by atoms with van der Waals surface area (Å²) >= 11 is 0. The van der Waals surface area contributed by atoms with Gasteiger partial charge in [0.05, 0.1) is 38.4 Å². The van der Waals surface area contributed by atoms with E-state index >= 15 is 0 Å². The number of rotatable bonds is 7. The lowest BCUT2D eigenvalue weighted by molar-refractivity contribution is 0.0525. The zero-order valence-corrected chi connectivity index (χ0v) is 17.0. The van der Waals surface area contributed by atoms with Crippen molar-refractivity contribution in [2.24, 2.45) is 0 Å². The maximum atomic E-state index is 12.0. The summed E-state index contributed by atoms with van der Waals surface area (Å²) in [6, 6.07) is 13.6. The van der Waals surface area contributed by atoms with Crippen molar-refractivity contribution in [3.63, 3.8) is 0 Å². The van der Waals surface area contributed by atoms with Crippen LogP contribution in [0.15, 0.2) is 48.7 Å². The molecule has 0 aliphatic rings. The molecule has 0 atom stereocenters. The third kappa shape index (κ3) is 4.66. The zero-order valence-electron chi connectivity index (χ0n) is 17.0. The third-order valence-corrected chi connectivity index (χ3v) is 4.48. The van der Waals surface area contributed by atoms with Crippen molar-refractivity contribution in [2.45, 2.75) is 13.8 Å². The summed E-state index contributed by atoms with van der Waals surface area (Å²) in [7, 11) is 3.26. The standard InChI is InChI=1S/C23H24N2O4/c1-5-29-23(26)22-15-24-25(16(22)2)19-10-8-17(9-11-19)6-7-18-12-20(27-3)14-21(13-18)28-4/h6-15H,5H2,1-4H3. The molecule has 29 heavy (non-hydrogen) atoms. The van der Waals surface area contributed by atoms with Crippen LogP contribution in [0.2, 0.25) is 0 Å². The molecule has 6 heteroatoms. The molecule has 3 aromatic rings. The first kappa shape index (κ1) is 20.2. The van der Waals surface area contributed by atoms with Crippen molar-refractivity contribution in [1.29, 1.82) is 0 Å². The van der Waals surface area contributed by atoms with E-state index in [1.165, 1.54) is 6.20 Å².